The number of H-pyrrole nitrogens is 1. The Kier molecular flexibility index (Phi) is 3.28. The Hall–Kier alpha value is -3.54. The average Bonchev–Trinajstić information content (AvgIpc) is 2.98. The predicted molar refractivity (Wildman–Crippen MR) is 93.1 cm³/mol. The van der Waals surface area contributed by atoms with Crippen LogP contribution in [0.5, 0.6) is 0 Å². The van der Waals surface area contributed by atoms with Gasteiger partial charge in [-0.3, -0.25) is 10.1 Å². The number of rotatable bonds is 3. The molecular formula is C18H12N4O2. The van der Waals surface area contributed by atoms with E-state index < -0.39 is 4.92 Å². The molecule has 0 aliphatic rings. The number of hydrogen-bond donors (Lipinski definition) is 1. The van der Waals surface area contributed by atoms with Crippen LogP contribution in [0.2, 0.25) is 0 Å². The molecule has 1 N–H and O–H groups in total. The van der Waals surface area contributed by atoms with Gasteiger partial charge in [0, 0.05) is 33.9 Å². The summed E-state index contributed by atoms with van der Waals surface area (Å²) in [5, 5.41) is 21.3. The molecule has 4 aromatic rings. The van der Waals surface area contributed by atoms with Crippen LogP contribution in [0.3, 0.4) is 0 Å². The zero-order valence-electron chi connectivity index (χ0n) is 12.5. The highest BCUT2D eigenvalue weighted by Crippen LogP contribution is 2.29. The normalized spacial score (nSPS) is 11.5. The summed E-state index contributed by atoms with van der Waals surface area (Å²) in [5.74, 6) is 0. The molecule has 0 saturated heterocycles. The number of nitrogens with one attached hydrogen (secondary N) is 1. The number of para-hydroxylation sites is 1. The highest BCUT2D eigenvalue weighted by atomic mass is 16.6. The minimum atomic E-state index is -0.447. The Morgan fingerprint density at radius 1 is 0.792 bits per heavy atom. The number of benzene rings is 3. The second kappa shape index (κ2) is 5.58. The molecule has 0 amide bonds. The molecule has 0 saturated carbocycles. The molecule has 6 heteroatoms. The maximum absolute atomic E-state index is 10.8. The van der Waals surface area contributed by atoms with Crippen molar-refractivity contribution in [3.8, 4) is 0 Å². The Bertz CT molecular complexity index is 1100. The summed E-state index contributed by atoms with van der Waals surface area (Å²) in [7, 11) is 0. The van der Waals surface area contributed by atoms with Crippen LogP contribution < -0.4 is 0 Å². The molecule has 0 fully saturated rings. The molecule has 4 rings (SSSR count). The predicted octanol–water partition coefficient (Wildman–Crippen LogP) is 5.64. The third-order valence-corrected chi connectivity index (χ3v) is 3.81. The smallest absolute Gasteiger partial charge is 0.271 e. The van der Waals surface area contributed by atoms with E-state index in [0.29, 0.717) is 11.4 Å². The van der Waals surface area contributed by atoms with E-state index in [1.807, 2.05) is 36.4 Å². The molecule has 24 heavy (non-hydrogen) atoms. The molecule has 0 bridgehead atoms. The summed E-state index contributed by atoms with van der Waals surface area (Å²) in [6.07, 6.45) is 0. The number of azo groups is 1. The highest BCUT2D eigenvalue weighted by Gasteiger charge is 2.06. The minimum absolute atomic E-state index is 0.00136. The van der Waals surface area contributed by atoms with Crippen LogP contribution in [0, 0.1) is 10.1 Å². The maximum Gasteiger partial charge on any atom is 0.271 e. The van der Waals surface area contributed by atoms with Crippen molar-refractivity contribution in [3.63, 3.8) is 0 Å². The lowest BCUT2D eigenvalue weighted by Gasteiger charge is -1.96. The van der Waals surface area contributed by atoms with Gasteiger partial charge in [-0.05, 0) is 30.3 Å². The van der Waals surface area contributed by atoms with Gasteiger partial charge in [-0.1, -0.05) is 24.3 Å². The number of nitro groups is 1. The minimum Gasteiger partial charge on any atom is -0.355 e. The van der Waals surface area contributed by atoms with E-state index in [4.69, 9.17) is 0 Å². The Morgan fingerprint density at radius 2 is 1.54 bits per heavy atom. The number of non-ortho nitro benzene ring substituents is 1. The van der Waals surface area contributed by atoms with Crippen LogP contribution in [-0.4, -0.2) is 9.91 Å². The van der Waals surface area contributed by atoms with E-state index in [1.54, 1.807) is 12.1 Å². The molecule has 6 nitrogen and oxygen atoms in total. The monoisotopic (exact) mass is 316 g/mol. The molecule has 1 heterocycles. The van der Waals surface area contributed by atoms with Crippen molar-refractivity contribution in [2.45, 2.75) is 0 Å². The van der Waals surface area contributed by atoms with Gasteiger partial charge >= 0.3 is 0 Å². The van der Waals surface area contributed by atoms with Crippen molar-refractivity contribution >= 4 is 38.9 Å². The summed E-state index contributed by atoms with van der Waals surface area (Å²) in [5.41, 5.74) is 3.24. The fourth-order valence-electron chi connectivity index (χ4n) is 2.68. The van der Waals surface area contributed by atoms with Crippen molar-refractivity contribution in [2.24, 2.45) is 10.2 Å². The molecule has 1 aromatic heterocycles. The number of hydrogen-bond acceptors (Lipinski definition) is 4. The van der Waals surface area contributed by atoms with Gasteiger partial charge in [-0.2, -0.15) is 10.2 Å². The van der Waals surface area contributed by atoms with Gasteiger partial charge < -0.3 is 4.98 Å². The largest absolute Gasteiger partial charge is 0.355 e. The summed E-state index contributed by atoms with van der Waals surface area (Å²) < 4.78 is 0. The number of nitrogens with zero attached hydrogens (tertiary/aromatic N) is 3. The molecule has 3 aromatic carbocycles. The lowest BCUT2D eigenvalue weighted by atomic mass is 10.1. The van der Waals surface area contributed by atoms with Crippen molar-refractivity contribution in [1.82, 2.24) is 4.98 Å². The second-order valence-electron chi connectivity index (χ2n) is 5.38. The third kappa shape index (κ3) is 2.50. The molecular weight excluding hydrogens is 304 g/mol. The van der Waals surface area contributed by atoms with Crippen LogP contribution in [0.25, 0.3) is 21.8 Å². The zero-order valence-corrected chi connectivity index (χ0v) is 12.5. The fraction of sp³-hybridized carbons (Fsp3) is 0. The highest BCUT2D eigenvalue weighted by molar-refractivity contribution is 6.08. The SMILES string of the molecule is O=[N+]([O-])c1cccc(N=Nc2ccc3[nH]c4ccccc4c3c2)c1. The number of nitro benzene ring substituents is 1. The van der Waals surface area contributed by atoms with Crippen LogP contribution in [0.15, 0.2) is 77.0 Å². The molecule has 0 unspecified atom stereocenters. The van der Waals surface area contributed by atoms with Crippen LogP contribution in [0.4, 0.5) is 17.1 Å². The quantitative estimate of drug-likeness (QED) is 0.301. The first-order valence-corrected chi connectivity index (χ1v) is 7.37. The maximum atomic E-state index is 10.8. The lowest BCUT2D eigenvalue weighted by molar-refractivity contribution is -0.384. The standard InChI is InChI=1S/C18H12N4O2/c23-22(24)14-5-3-4-12(10-14)20-21-13-8-9-18-16(11-13)15-6-1-2-7-17(15)19-18/h1-11,19H. The van der Waals surface area contributed by atoms with Gasteiger partial charge in [0.05, 0.1) is 16.3 Å². The summed E-state index contributed by atoms with van der Waals surface area (Å²) in [6.45, 7) is 0. The Balaban J connectivity index is 1.73. The van der Waals surface area contributed by atoms with Crippen molar-refractivity contribution in [3.05, 3.63) is 76.8 Å². The summed E-state index contributed by atoms with van der Waals surface area (Å²) >= 11 is 0. The lowest BCUT2D eigenvalue weighted by Crippen LogP contribution is -1.85. The Morgan fingerprint density at radius 3 is 2.38 bits per heavy atom. The first-order valence-electron chi connectivity index (χ1n) is 7.37. The van der Waals surface area contributed by atoms with E-state index in [0.717, 1.165) is 21.8 Å². The summed E-state index contributed by atoms with van der Waals surface area (Å²) in [6, 6.07) is 19.9. The van der Waals surface area contributed by atoms with Crippen LogP contribution in [-0.2, 0) is 0 Å². The van der Waals surface area contributed by atoms with E-state index >= 15 is 0 Å². The number of aromatic amines is 1. The van der Waals surface area contributed by atoms with Crippen molar-refractivity contribution < 1.29 is 4.92 Å². The van der Waals surface area contributed by atoms with E-state index in [9.17, 15) is 10.1 Å². The van der Waals surface area contributed by atoms with E-state index in [2.05, 4.69) is 21.3 Å². The van der Waals surface area contributed by atoms with Gasteiger partial charge in [0.2, 0.25) is 0 Å². The number of fused-ring (bicyclic) bond motifs is 3. The topological polar surface area (TPSA) is 83.7 Å². The molecule has 0 aliphatic carbocycles. The first kappa shape index (κ1) is 14.1. The van der Waals surface area contributed by atoms with Crippen molar-refractivity contribution in [2.75, 3.05) is 0 Å². The number of aromatic nitrogens is 1. The van der Waals surface area contributed by atoms with E-state index in [-0.39, 0.29) is 5.69 Å². The second-order valence-corrected chi connectivity index (χ2v) is 5.38. The average molecular weight is 316 g/mol. The van der Waals surface area contributed by atoms with Gasteiger partial charge in [-0.25, -0.2) is 0 Å². The van der Waals surface area contributed by atoms with Gasteiger partial charge in [-0.15, -0.1) is 0 Å². The van der Waals surface area contributed by atoms with Gasteiger partial charge in [0.25, 0.3) is 5.69 Å². The Labute approximate surface area is 136 Å². The molecule has 0 radical (unpaired) electrons. The van der Waals surface area contributed by atoms with Crippen LogP contribution >= 0.6 is 0 Å². The molecule has 0 atom stereocenters. The van der Waals surface area contributed by atoms with Gasteiger partial charge in [0.1, 0.15) is 0 Å². The van der Waals surface area contributed by atoms with E-state index in [1.165, 1.54) is 12.1 Å². The van der Waals surface area contributed by atoms with Crippen LogP contribution in [0.1, 0.15) is 0 Å². The summed E-state index contributed by atoms with van der Waals surface area (Å²) in [4.78, 5) is 13.7. The third-order valence-electron chi connectivity index (χ3n) is 3.81. The zero-order chi connectivity index (χ0) is 16.5. The molecule has 116 valence electrons. The fourth-order valence-corrected chi connectivity index (χ4v) is 2.68. The van der Waals surface area contributed by atoms with Crippen molar-refractivity contribution in [1.29, 1.82) is 0 Å². The van der Waals surface area contributed by atoms with Gasteiger partial charge in [0.15, 0.2) is 0 Å². The first-order chi connectivity index (χ1) is 11.7. The molecule has 0 spiro atoms. The molecule has 0 aliphatic heterocycles.